The second kappa shape index (κ2) is 7.85. The maximum Gasteiger partial charge on any atom is 0.274 e. The SMILES string of the molecule is Cc1cccc(-c2sc(C)nc2C(=O)N2C3CC3C[C@H]2CNC(=O)c2c(C)noc2C)c1. The summed E-state index contributed by atoms with van der Waals surface area (Å²) >= 11 is 1.55. The van der Waals surface area contributed by atoms with Crippen LogP contribution in [0.15, 0.2) is 28.8 Å². The van der Waals surface area contributed by atoms with Gasteiger partial charge in [-0.05, 0) is 52.0 Å². The summed E-state index contributed by atoms with van der Waals surface area (Å²) in [6.45, 7) is 7.87. The third-order valence-electron chi connectivity index (χ3n) is 6.42. The highest BCUT2D eigenvalue weighted by Crippen LogP contribution is 2.48. The van der Waals surface area contributed by atoms with Crippen LogP contribution in [-0.2, 0) is 0 Å². The Morgan fingerprint density at radius 2 is 2.03 bits per heavy atom. The molecule has 3 heterocycles. The second-order valence-electron chi connectivity index (χ2n) is 8.85. The Balaban J connectivity index is 1.37. The van der Waals surface area contributed by atoms with Crippen molar-refractivity contribution in [2.45, 2.75) is 52.6 Å². The number of nitrogens with one attached hydrogen (secondary N) is 1. The van der Waals surface area contributed by atoms with Gasteiger partial charge in [0.1, 0.15) is 17.0 Å². The van der Waals surface area contributed by atoms with Gasteiger partial charge in [0.2, 0.25) is 0 Å². The van der Waals surface area contributed by atoms with Crippen LogP contribution >= 0.6 is 11.3 Å². The van der Waals surface area contributed by atoms with Gasteiger partial charge in [-0.2, -0.15) is 0 Å². The van der Waals surface area contributed by atoms with Crippen molar-refractivity contribution in [3.63, 3.8) is 0 Å². The lowest BCUT2D eigenvalue weighted by Crippen LogP contribution is -2.45. The van der Waals surface area contributed by atoms with E-state index in [1.807, 2.05) is 36.9 Å². The maximum atomic E-state index is 13.7. The lowest BCUT2D eigenvalue weighted by Gasteiger charge is -2.27. The molecule has 3 atom stereocenters. The molecule has 1 aromatic carbocycles. The highest BCUT2D eigenvalue weighted by molar-refractivity contribution is 7.15. The summed E-state index contributed by atoms with van der Waals surface area (Å²) in [5.74, 6) is 0.775. The van der Waals surface area contributed by atoms with Gasteiger partial charge in [-0.3, -0.25) is 9.59 Å². The number of amides is 2. The minimum absolute atomic E-state index is 0.0348. The fourth-order valence-corrected chi connectivity index (χ4v) is 5.75. The maximum absolute atomic E-state index is 13.7. The molecule has 2 aromatic heterocycles. The first-order valence-corrected chi connectivity index (χ1v) is 11.7. The smallest absolute Gasteiger partial charge is 0.274 e. The molecule has 5 rings (SSSR count). The zero-order valence-corrected chi connectivity index (χ0v) is 19.5. The highest BCUT2D eigenvalue weighted by atomic mass is 32.1. The van der Waals surface area contributed by atoms with Crippen LogP contribution in [0.1, 0.15) is 55.7 Å². The Bertz CT molecular complexity index is 1190. The molecule has 1 N–H and O–H groups in total. The number of aromatic nitrogens is 2. The monoisotopic (exact) mass is 450 g/mol. The fraction of sp³-hybridized carbons (Fsp3) is 0.417. The van der Waals surface area contributed by atoms with Crippen LogP contribution in [0.2, 0.25) is 0 Å². The summed E-state index contributed by atoms with van der Waals surface area (Å²) < 4.78 is 5.11. The first kappa shape index (κ1) is 20.9. The van der Waals surface area contributed by atoms with E-state index in [1.54, 1.807) is 25.2 Å². The summed E-state index contributed by atoms with van der Waals surface area (Å²) in [5.41, 5.74) is 3.74. The van der Waals surface area contributed by atoms with Gasteiger partial charge in [-0.25, -0.2) is 4.98 Å². The Hall–Kier alpha value is -3.00. The Morgan fingerprint density at radius 1 is 1.22 bits per heavy atom. The van der Waals surface area contributed by atoms with Crippen LogP contribution in [0.4, 0.5) is 0 Å². The molecular weight excluding hydrogens is 424 g/mol. The summed E-state index contributed by atoms with van der Waals surface area (Å²) in [5, 5.41) is 7.73. The highest BCUT2D eigenvalue weighted by Gasteiger charge is 2.54. The number of hydrogen-bond donors (Lipinski definition) is 1. The van der Waals surface area contributed by atoms with Crippen molar-refractivity contribution in [2.24, 2.45) is 5.92 Å². The van der Waals surface area contributed by atoms with Crippen molar-refractivity contribution in [3.8, 4) is 10.4 Å². The Labute approximate surface area is 190 Å². The van der Waals surface area contributed by atoms with Crippen LogP contribution in [0.25, 0.3) is 10.4 Å². The van der Waals surface area contributed by atoms with Gasteiger partial charge in [0, 0.05) is 12.6 Å². The van der Waals surface area contributed by atoms with E-state index < -0.39 is 0 Å². The second-order valence-corrected chi connectivity index (χ2v) is 10.1. The number of carbonyl (C=O) groups excluding carboxylic acids is 2. The van der Waals surface area contributed by atoms with E-state index in [4.69, 9.17) is 4.52 Å². The molecule has 1 saturated carbocycles. The predicted octanol–water partition coefficient (Wildman–Crippen LogP) is 4.06. The van der Waals surface area contributed by atoms with Crippen LogP contribution < -0.4 is 5.32 Å². The van der Waals surface area contributed by atoms with Crippen molar-refractivity contribution in [3.05, 3.63) is 57.5 Å². The zero-order chi connectivity index (χ0) is 22.6. The van der Waals surface area contributed by atoms with E-state index in [9.17, 15) is 9.59 Å². The largest absolute Gasteiger partial charge is 0.361 e. The number of rotatable bonds is 5. The zero-order valence-electron chi connectivity index (χ0n) is 18.6. The molecule has 0 radical (unpaired) electrons. The molecule has 32 heavy (non-hydrogen) atoms. The van der Waals surface area contributed by atoms with E-state index in [0.717, 1.165) is 33.9 Å². The lowest BCUT2D eigenvalue weighted by atomic mass is 10.1. The number of hydrogen-bond acceptors (Lipinski definition) is 6. The van der Waals surface area contributed by atoms with Crippen molar-refractivity contribution in [1.82, 2.24) is 20.4 Å². The molecule has 1 aliphatic carbocycles. The van der Waals surface area contributed by atoms with Crippen molar-refractivity contribution in [1.29, 1.82) is 0 Å². The molecule has 8 heteroatoms. The van der Waals surface area contributed by atoms with Crippen LogP contribution in [0.3, 0.4) is 0 Å². The number of likely N-dealkylation sites (tertiary alicyclic amines) is 1. The van der Waals surface area contributed by atoms with Gasteiger partial charge in [0.25, 0.3) is 11.8 Å². The minimum atomic E-state index is -0.209. The number of aryl methyl sites for hydroxylation is 4. The summed E-state index contributed by atoms with van der Waals surface area (Å²) in [6, 6.07) is 8.38. The van der Waals surface area contributed by atoms with Crippen LogP contribution in [0, 0.1) is 33.6 Å². The molecule has 2 unspecified atom stereocenters. The number of thiazole rings is 1. The molecule has 0 spiro atoms. The third-order valence-corrected chi connectivity index (χ3v) is 7.44. The average Bonchev–Trinajstić information content (AvgIpc) is 3.07. The standard InChI is InChI=1S/C24H26N4O3S/c1-12-6-5-7-16(8-12)22-21(26-15(4)32-22)24(30)28-18(9-17-10-19(17)28)11-25-23(29)20-13(2)27-31-14(20)3/h5-8,17-19H,9-11H2,1-4H3,(H,25,29)/t17?,18-,19?/m0/s1. The Morgan fingerprint density at radius 3 is 2.75 bits per heavy atom. The summed E-state index contributed by atoms with van der Waals surface area (Å²) in [7, 11) is 0. The number of benzene rings is 1. The number of carbonyl (C=O) groups is 2. The number of piperidine rings is 1. The number of fused-ring (bicyclic) bond motifs is 1. The van der Waals surface area contributed by atoms with Gasteiger partial charge < -0.3 is 14.7 Å². The van der Waals surface area contributed by atoms with Gasteiger partial charge in [0.05, 0.1) is 21.6 Å². The van der Waals surface area contributed by atoms with Crippen molar-refractivity contribution < 1.29 is 14.1 Å². The van der Waals surface area contributed by atoms with E-state index >= 15 is 0 Å². The van der Waals surface area contributed by atoms with Crippen LogP contribution in [-0.4, -0.2) is 45.5 Å². The van der Waals surface area contributed by atoms with Crippen molar-refractivity contribution in [2.75, 3.05) is 6.54 Å². The molecule has 0 bridgehead atoms. The van der Waals surface area contributed by atoms with Gasteiger partial charge in [-0.1, -0.05) is 35.0 Å². The van der Waals surface area contributed by atoms with E-state index in [0.29, 0.717) is 35.2 Å². The fourth-order valence-electron chi connectivity index (χ4n) is 4.84. The topological polar surface area (TPSA) is 88.3 Å². The molecule has 1 aliphatic heterocycles. The molecule has 166 valence electrons. The molecule has 2 aliphatic rings. The summed E-state index contributed by atoms with van der Waals surface area (Å²) in [6.07, 6.45) is 1.93. The van der Waals surface area contributed by atoms with Crippen LogP contribution in [0.5, 0.6) is 0 Å². The lowest BCUT2D eigenvalue weighted by molar-refractivity contribution is 0.0684. The molecule has 2 amide bonds. The molecule has 3 aromatic rings. The predicted molar refractivity (Wildman–Crippen MR) is 122 cm³/mol. The quantitative estimate of drug-likeness (QED) is 0.633. The normalized spacial score (nSPS) is 21.5. The van der Waals surface area contributed by atoms with Gasteiger partial charge >= 0.3 is 0 Å². The third kappa shape index (κ3) is 3.62. The average molecular weight is 451 g/mol. The van der Waals surface area contributed by atoms with E-state index in [1.165, 1.54) is 0 Å². The number of nitrogens with zero attached hydrogens (tertiary/aromatic N) is 3. The molecule has 2 fully saturated rings. The van der Waals surface area contributed by atoms with Crippen molar-refractivity contribution >= 4 is 23.2 Å². The summed E-state index contributed by atoms with van der Waals surface area (Å²) in [4.78, 5) is 33.9. The minimum Gasteiger partial charge on any atom is -0.361 e. The Kier molecular flexibility index (Phi) is 5.12. The van der Waals surface area contributed by atoms with E-state index in [2.05, 4.69) is 21.5 Å². The van der Waals surface area contributed by atoms with Gasteiger partial charge in [-0.15, -0.1) is 11.3 Å². The molecular formula is C24H26N4O3S. The molecule has 1 saturated heterocycles. The van der Waals surface area contributed by atoms with E-state index in [-0.39, 0.29) is 23.9 Å². The van der Waals surface area contributed by atoms with Gasteiger partial charge in [0.15, 0.2) is 0 Å². The first-order valence-electron chi connectivity index (χ1n) is 10.9. The molecule has 7 nitrogen and oxygen atoms in total. The first-order chi connectivity index (χ1) is 15.3.